The van der Waals surface area contributed by atoms with Gasteiger partial charge in [-0.05, 0) is 37.1 Å². The molecule has 0 bridgehead atoms. The molecule has 0 amide bonds. The van der Waals surface area contributed by atoms with E-state index in [-0.39, 0.29) is 5.82 Å². The number of aliphatic hydroxyl groups is 1. The fourth-order valence-electron chi connectivity index (χ4n) is 2.22. The lowest BCUT2D eigenvalue weighted by Gasteiger charge is -2.19. The van der Waals surface area contributed by atoms with Crippen LogP contribution >= 0.6 is 0 Å². The summed E-state index contributed by atoms with van der Waals surface area (Å²) in [6, 6.07) is 6.25. The van der Waals surface area contributed by atoms with Crippen molar-refractivity contribution in [1.29, 1.82) is 5.26 Å². The molecule has 1 heterocycles. The first kappa shape index (κ1) is 12.0. The minimum Gasteiger partial charge on any atom is -0.389 e. The highest BCUT2D eigenvalue weighted by molar-refractivity contribution is 5.37. The topological polar surface area (TPSA) is 47.3 Å². The Hall–Kier alpha value is -1.44. The summed E-state index contributed by atoms with van der Waals surface area (Å²) >= 11 is 0. The van der Waals surface area contributed by atoms with Gasteiger partial charge in [0.05, 0.1) is 17.2 Å². The Balaban J connectivity index is 2.14. The molecule has 0 aliphatic carbocycles. The third-order valence-electron chi connectivity index (χ3n) is 3.11. The molecule has 3 nitrogen and oxygen atoms in total. The summed E-state index contributed by atoms with van der Waals surface area (Å²) in [5, 5.41) is 18.8. The van der Waals surface area contributed by atoms with Gasteiger partial charge in [0.2, 0.25) is 0 Å². The van der Waals surface area contributed by atoms with Gasteiger partial charge in [0, 0.05) is 19.6 Å². The van der Waals surface area contributed by atoms with E-state index in [2.05, 4.69) is 6.07 Å². The number of hydrogen-bond donors (Lipinski definition) is 1. The van der Waals surface area contributed by atoms with Gasteiger partial charge in [0.1, 0.15) is 5.82 Å². The van der Waals surface area contributed by atoms with Crippen LogP contribution in [-0.2, 0) is 6.54 Å². The van der Waals surface area contributed by atoms with Gasteiger partial charge in [-0.25, -0.2) is 4.39 Å². The van der Waals surface area contributed by atoms with E-state index in [1.807, 2.05) is 4.90 Å². The number of hydrogen-bond acceptors (Lipinski definition) is 3. The van der Waals surface area contributed by atoms with Crippen molar-refractivity contribution in [1.82, 2.24) is 4.90 Å². The second-order valence-corrected chi connectivity index (χ2v) is 4.87. The summed E-state index contributed by atoms with van der Waals surface area (Å²) in [4.78, 5) is 2.04. The van der Waals surface area contributed by atoms with Crippen molar-refractivity contribution in [2.75, 3.05) is 13.1 Å². The van der Waals surface area contributed by atoms with Crippen molar-refractivity contribution in [3.8, 4) is 6.07 Å². The molecule has 0 aromatic heterocycles. The molecule has 1 fully saturated rings. The average molecular weight is 234 g/mol. The first-order valence-electron chi connectivity index (χ1n) is 5.63. The lowest BCUT2D eigenvalue weighted by Crippen LogP contribution is -2.29. The average Bonchev–Trinajstić information content (AvgIpc) is 2.58. The van der Waals surface area contributed by atoms with Gasteiger partial charge in [-0.2, -0.15) is 5.26 Å². The molecular weight excluding hydrogens is 219 g/mol. The van der Waals surface area contributed by atoms with Crippen LogP contribution < -0.4 is 0 Å². The van der Waals surface area contributed by atoms with E-state index in [1.54, 1.807) is 6.92 Å². The first-order valence-corrected chi connectivity index (χ1v) is 5.63. The Morgan fingerprint density at radius 1 is 1.59 bits per heavy atom. The van der Waals surface area contributed by atoms with E-state index in [9.17, 15) is 9.50 Å². The van der Waals surface area contributed by atoms with Crippen LogP contribution in [0.4, 0.5) is 4.39 Å². The van der Waals surface area contributed by atoms with Gasteiger partial charge in [-0.1, -0.05) is 0 Å². The Morgan fingerprint density at radius 3 is 2.94 bits per heavy atom. The first-order chi connectivity index (χ1) is 8.00. The molecule has 0 radical (unpaired) electrons. The molecule has 4 heteroatoms. The predicted molar refractivity (Wildman–Crippen MR) is 61.6 cm³/mol. The Labute approximate surface area is 100 Å². The maximum atomic E-state index is 13.1. The summed E-state index contributed by atoms with van der Waals surface area (Å²) in [5.74, 6) is -0.329. The van der Waals surface area contributed by atoms with Gasteiger partial charge in [0.25, 0.3) is 0 Å². The van der Waals surface area contributed by atoms with Gasteiger partial charge < -0.3 is 5.11 Å². The molecule has 0 spiro atoms. The highest BCUT2D eigenvalue weighted by atomic mass is 19.1. The second-order valence-electron chi connectivity index (χ2n) is 4.87. The summed E-state index contributed by atoms with van der Waals surface area (Å²) in [5.41, 5.74) is 0.517. The van der Waals surface area contributed by atoms with Crippen molar-refractivity contribution in [2.45, 2.75) is 25.5 Å². The van der Waals surface area contributed by atoms with Crippen LogP contribution in [-0.4, -0.2) is 28.7 Å². The summed E-state index contributed by atoms with van der Waals surface area (Å²) in [6.07, 6.45) is 0.713. The zero-order chi connectivity index (χ0) is 12.5. The lowest BCUT2D eigenvalue weighted by atomic mass is 10.1. The highest BCUT2D eigenvalue weighted by Crippen LogP contribution is 2.23. The number of likely N-dealkylation sites (tertiary alicyclic amines) is 1. The minimum absolute atomic E-state index is 0.329. The zero-order valence-corrected chi connectivity index (χ0v) is 9.78. The Kier molecular flexibility index (Phi) is 3.14. The maximum Gasteiger partial charge on any atom is 0.123 e. The molecule has 1 atom stereocenters. The van der Waals surface area contributed by atoms with Crippen molar-refractivity contribution in [3.05, 3.63) is 35.1 Å². The van der Waals surface area contributed by atoms with Crippen LogP contribution in [0.1, 0.15) is 24.5 Å². The standard InChI is InChI=1S/C13H15FN2O/c1-13(17)4-5-16(9-13)8-11-6-12(14)3-2-10(11)7-15/h2-3,6,17H,4-5,8-9H2,1H3. The quantitative estimate of drug-likeness (QED) is 0.846. The smallest absolute Gasteiger partial charge is 0.123 e. The summed E-state index contributed by atoms with van der Waals surface area (Å²) in [7, 11) is 0. The largest absolute Gasteiger partial charge is 0.389 e. The van der Waals surface area contributed by atoms with Gasteiger partial charge in [0.15, 0.2) is 0 Å². The van der Waals surface area contributed by atoms with Gasteiger partial charge in [-0.15, -0.1) is 0 Å². The molecule has 1 aromatic rings. The fraction of sp³-hybridized carbons (Fsp3) is 0.462. The number of rotatable bonds is 2. The molecule has 17 heavy (non-hydrogen) atoms. The molecule has 2 rings (SSSR count). The Morgan fingerprint density at radius 2 is 2.35 bits per heavy atom. The SMILES string of the molecule is CC1(O)CCN(Cc2cc(F)ccc2C#N)C1. The van der Waals surface area contributed by atoms with Gasteiger partial charge >= 0.3 is 0 Å². The van der Waals surface area contributed by atoms with Gasteiger partial charge in [-0.3, -0.25) is 4.90 Å². The van der Waals surface area contributed by atoms with E-state index in [4.69, 9.17) is 5.26 Å². The van der Waals surface area contributed by atoms with Crippen LogP contribution in [0.15, 0.2) is 18.2 Å². The van der Waals surface area contributed by atoms with Crippen molar-refractivity contribution >= 4 is 0 Å². The predicted octanol–water partition coefficient (Wildman–Crippen LogP) is 1.65. The number of nitrogens with zero attached hydrogens (tertiary/aromatic N) is 2. The molecular formula is C13H15FN2O. The monoisotopic (exact) mass is 234 g/mol. The molecule has 90 valence electrons. The van der Waals surface area contributed by atoms with Crippen molar-refractivity contribution in [2.24, 2.45) is 0 Å². The minimum atomic E-state index is -0.667. The van der Waals surface area contributed by atoms with Crippen LogP contribution in [0.3, 0.4) is 0 Å². The van der Waals surface area contributed by atoms with E-state index in [1.165, 1.54) is 18.2 Å². The number of nitriles is 1. The molecule has 1 unspecified atom stereocenters. The van der Waals surface area contributed by atoms with E-state index in [0.717, 1.165) is 6.54 Å². The molecule has 1 N–H and O–H groups in total. The molecule has 1 aliphatic heterocycles. The van der Waals surface area contributed by atoms with Crippen molar-refractivity contribution in [3.63, 3.8) is 0 Å². The summed E-state index contributed by atoms with van der Waals surface area (Å²) < 4.78 is 13.1. The maximum absolute atomic E-state index is 13.1. The highest BCUT2D eigenvalue weighted by Gasteiger charge is 2.31. The van der Waals surface area contributed by atoms with Crippen molar-refractivity contribution < 1.29 is 9.50 Å². The van der Waals surface area contributed by atoms with Crippen LogP contribution in [0.2, 0.25) is 0 Å². The van der Waals surface area contributed by atoms with E-state index in [0.29, 0.717) is 30.6 Å². The second kappa shape index (κ2) is 4.44. The molecule has 1 aromatic carbocycles. The molecule has 0 saturated carbocycles. The van der Waals surface area contributed by atoms with Crippen LogP contribution in [0.25, 0.3) is 0 Å². The molecule has 1 saturated heterocycles. The number of β-amino-alcohol motifs (C(OH)–C–C–N with tert-alkyl or cyclic N) is 1. The molecule has 1 aliphatic rings. The number of benzene rings is 1. The zero-order valence-electron chi connectivity index (χ0n) is 9.78. The number of halogens is 1. The third-order valence-corrected chi connectivity index (χ3v) is 3.11. The van der Waals surface area contributed by atoms with E-state index < -0.39 is 5.60 Å². The lowest BCUT2D eigenvalue weighted by molar-refractivity contribution is 0.0679. The summed E-state index contributed by atoms with van der Waals surface area (Å²) in [6.45, 7) is 3.64. The van der Waals surface area contributed by atoms with Crippen LogP contribution in [0.5, 0.6) is 0 Å². The van der Waals surface area contributed by atoms with Crippen LogP contribution in [0, 0.1) is 17.1 Å². The van der Waals surface area contributed by atoms with E-state index >= 15 is 0 Å². The third kappa shape index (κ3) is 2.82. The Bertz CT molecular complexity index is 465. The fourth-order valence-corrected chi connectivity index (χ4v) is 2.22. The normalized spacial score (nSPS) is 24.8.